The lowest BCUT2D eigenvalue weighted by atomic mass is 10.1. The summed E-state index contributed by atoms with van der Waals surface area (Å²) in [6.45, 7) is 5.60. The lowest BCUT2D eigenvalue weighted by Gasteiger charge is -2.15. The first-order valence-corrected chi connectivity index (χ1v) is 9.42. The van der Waals surface area contributed by atoms with Gasteiger partial charge in [-0.2, -0.15) is 0 Å². The highest BCUT2D eigenvalue weighted by Gasteiger charge is 2.14. The number of hydrogen-bond donors (Lipinski definition) is 1. The predicted octanol–water partition coefficient (Wildman–Crippen LogP) is 4.66. The Morgan fingerprint density at radius 1 is 1.07 bits per heavy atom. The zero-order chi connectivity index (χ0) is 19.6. The van der Waals surface area contributed by atoms with Crippen LogP contribution in [-0.2, 0) is 4.79 Å². The Morgan fingerprint density at radius 2 is 1.78 bits per heavy atom. The molecule has 0 radical (unpaired) electrons. The first-order chi connectivity index (χ1) is 12.8. The molecule has 0 aliphatic rings. The topological polar surface area (TPSA) is 62.3 Å². The van der Waals surface area contributed by atoms with Crippen LogP contribution in [0.2, 0.25) is 0 Å². The van der Waals surface area contributed by atoms with Gasteiger partial charge in [0.05, 0.1) is 0 Å². The van der Waals surface area contributed by atoms with Crippen molar-refractivity contribution in [2.75, 3.05) is 17.3 Å². The van der Waals surface area contributed by atoms with Gasteiger partial charge in [-0.1, -0.05) is 23.8 Å². The highest BCUT2D eigenvalue weighted by Crippen LogP contribution is 2.28. The summed E-state index contributed by atoms with van der Waals surface area (Å²) in [5.41, 5.74) is 5.19. The average Bonchev–Trinajstić information content (AvgIpc) is 3.11. The molecule has 138 valence electrons. The number of carbonyl (C=O) groups is 2. The zero-order valence-corrected chi connectivity index (χ0v) is 16.6. The van der Waals surface area contributed by atoms with Gasteiger partial charge in [-0.3, -0.25) is 9.59 Å². The van der Waals surface area contributed by atoms with E-state index in [9.17, 15) is 9.59 Å². The number of benzene rings is 2. The first-order valence-electron chi connectivity index (χ1n) is 8.54. The predicted molar refractivity (Wildman–Crippen MR) is 111 cm³/mol. The molecule has 27 heavy (non-hydrogen) atoms. The van der Waals surface area contributed by atoms with Crippen LogP contribution in [0.5, 0.6) is 0 Å². The molecule has 0 aliphatic carbocycles. The van der Waals surface area contributed by atoms with Gasteiger partial charge in [-0.15, -0.1) is 11.3 Å². The van der Waals surface area contributed by atoms with E-state index in [1.807, 2.05) is 19.1 Å². The molecule has 1 N–H and O–H groups in total. The van der Waals surface area contributed by atoms with Crippen molar-refractivity contribution < 1.29 is 9.59 Å². The molecule has 0 spiro atoms. The van der Waals surface area contributed by atoms with Crippen LogP contribution >= 0.6 is 11.3 Å². The van der Waals surface area contributed by atoms with Crippen LogP contribution in [0.15, 0.2) is 47.8 Å². The minimum absolute atomic E-state index is 0.0480. The fourth-order valence-electron chi connectivity index (χ4n) is 2.70. The number of hydrogen-bond acceptors (Lipinski definition) is 4. The highest BCUT2D eigenvalue weighted by atomic mass is 32.1. The van der Waals surface area contributed by atoms with Gasteiger partial charge in [0.1, 0.15) is 10.7 Å². The first kappa shape index (κ1) is 18.8. The van der Waals surface area contributed by atoms with E-state index in [1.54, 1.807) is 41.6 Å². The normalized spacial score (nSPS) is 10.5. The Balaban J connectivity index is 1.74. The van der Waals surface area contributed by atoms with Gasteiger partial charge in [-0.25, -0.2) is 4.98 Å². The summed E-state index contributed by atoms with van der Waals surface area (Å²) in [5, 5.41) is 5.44. The third kappa shape index (κ3) is 4.23. The number of nitrogens with zero attached hydrogens (tertiary/aromatic N) is 2. The molecule has 0 aliphatic heterocycles. The molecule has 0 atom stereocenters. The Bertz CT molecular complexity index is 993. The van der Waals surface area contributed by atoms with Crippen molar-refractivity contribution in [3.63, 3.8) is 0 Å². The van der Waals surface area contributed by atoms with Crippen LogP contribution in [0.1, 0.15) is 28.5 Å². The summed E-state index contributed by atoms with van der Waals surface area (Å²) < 4.78 is 0. The minimum Gasteiger partial charge on any atom is -0.321 e. The van der Waals surface area contributed by atoms with Gasteiger partial charge in [0.2, 0.25) is 5.91 Å². The van der Waals surface area contributed by atoms with Gasteiger partial charge >= 0.3 is 0 Å². The summed E-state index contributed by atoms with van der Waals surface area (Å²) in [5.74, 6) is -0.303. The van der Waals surface area contributed by atoms with Crippen LogP contribution in [-0.4, -0.2) is 23.8 Å². The van der Waals surface area contributed by atoms with Crippen molar-refractivity contribution in [1.82, 2.24) is 4.98 Å². The lowest BCUT2D eigenvalue weighted by molar-refractivity contribution is -0.116. The molecule has 0 saturated heterocycles. The Morgan fingerprint density at radius 3 is 2.41 bits per heavy atom. The minimum atomic E-state index is -0.255. The van der Waals surface area contributed by atoms with E-state index in [0.717, 1.165) is 21.8 Å². The van der Waals surface area contributed by atoms with Gasteiger partial charge in [0.25, 0.3) is 5.91 Å². The fraction of sp³-hybridized carbons (Fsp3) is 0.190. The second kappa shape index (κ2) is 7.72. The molecular weight excluding hydrogens is 358 g/mol. The molecule has 2 aromatic carbocycles. The van der Waals surface area contributed by atoms with E-state index < -0.39 is 0 Å². The van der Waals surface area contributed by atoms with Crippen LogP contribution in [0.25, 0.3) is 10.6 Å². The average molecular weight is 379 g/mol. The quantitative estimate of drug-likeness (QED) is 0.717. The molecule has 1 aromatic heterocycles. The van der Waals surface area contributed by atoms with Crippen LogP contribution in [0, 0.1) is 13.8 Å². The van der Waals surface area contributed by atoms with Crippen LogP contribution in [0.3, 0.4) is 0 Å². The lowest BCUT2D eigenvalue weighted by Crippen LogP contribution is -2.22. The maximum atomic E-state index is 12.5. The molecule has 3 aromatic rings. The molecule has 3 rings (SSSR count). The van der Waals surface area contributed by atoms with Crippen molar-refractivity contribution >= 4 is 34.5 Å². The summed E-state index contributed by atoms with van der Waals surface area (Å²) in [6.07, 6.45) is 0. The number of thiazole rings is 1. The van der Waals surface area contributed by atoms with E-state index in [4.69, 9.17) is 0 Å². The summed E-state index contributed by atoms with van der Waals surface area (Å²) in [4.78, 5) is 29.9. The molecular formula is C21H21N3O2S. The maximum Gasteiger partial charge on any atom is 0.275 e. The standard InChI is InChI=1S/C21H21N3O2S/c1-13-5-10-18(14(2)11-13)21-23-19(12-27-21)20(26)22-16-6-8-17(9-7-16)24(4)15(3)25/h5-12H,1-4H3,(H,22,26). The Hall–Kier alpha value is -2.99. The largest absolute Gasteiger partial charge is 0.321 e. The molecule has 1 heterocycles. The summed E-state index contributed by atoms with van der Waals surface area (Å²) >= 11 is 1.46. The SMILES string of the molecule is CC(=O)N(C)c1ccc(NC(=O)c2csc(-c3ccc(C)cc3C)n2)cc1. The molecule has 5 nitrogen and oxygen atoms in total. The van der Waals surface area contributed by atoms with Gasteiger partial charge in [0, 0.05) is 36.3 Å². The van der Waals surface area contributed by atoms with Gasteiger partial charge in [0.15, 0.2) is 0 Å². The third-order valence-electron chi connectivity index (χ3n) is 4.33. The highest BCUT2D eigenvalue weighted by molar-refractivity contribution is 7.13. The Kier molecular flexibility index (Phi) is 5.37. The van der Waals surface area contributed by atoms with Crippen molar-refractivity contribution in [3.8, 4) is 10.6 Å². The van der Waals surface area contributed by atoms with E-state index in [0.29, 0.717) is 11.4 Å². The second-order valence-electron chi connectivity index (χ2n) is 6.44. The van der Waals surface area contributed by atoms with E-state index in [1.165, 1.54) is 23.8 Å². The smallest absolute Gasteiger partial charge is 0.275 e. The molecule has 0 bridgehead atoms. The summed E-state index contributed by atoms with van der Waals surface area (Å²) in [6, 6.07) is 13.3. The van der Waals surface area contributed by atoms with E-state index in [2.05, 4.69) is 23.3 Å². The van der Waals surface area contributed by atoms with Crippen molar-refractivity contribution in [1.29, 1.82) is 0 Å². The number of carbonyl (C=O) groups excluding carboxylic acids is 2. The number of anilines is 2. The third-order valence-corrected chi connectivity index (χ3v) is 5.21. The number of aromatic nitrogens is 1. The van der Waals surface area contributed by atoms with Crippen LogP contribution in [0.4, 0.5) is 11.4 Å². The van der Waals surface area contributed by atoms with Crippen molar-refractivity contribution in [2.24, 2.45) is 0 Å². The second-order valence-corrected chi connectivity index (χ2v) is 7.29. The van der Waals surface area contributed by atoms with Gasteiger partial charge in [-0.05, 0) is 43.7 Å². The monoisotopic (exact) mass is 379 g/mol. The molecule has 6 heteroatoms. The van der Waals surface area contributed by atoms with Crippen LogP contribution < -0.4 is 10.2 Å². The van der Waals surface area contributed by atoms with E-state index in [-0.39, 0.29) is 11.8 Å². The Labute approximate surface area is 162 Å². The number of nitrogens with one attached hydrogen (secondary N) is 1. The van der Waals surface area contributed by atoms with Crippen molar-refractivity contribution in [3.05, 3.63) is 64.7 Å². The fourth-order valence-corrected chi connectivity index (χ4v) is 3.59. The number of rotatable bonds is 4. The van der Waals surface area contributed by atoms with E-state index >= 15 is 0 Å². The molecule has 2 amide bonds. The van der Waals surface area contributed by atoms with Crippen molar-refractivity contribution in [2.45, 2.75) is 20.8 Å². The summed E-state index contributed by atoms with van der Waals surface area (Å²) in [7, 11) is 1.71. The zero-order valence-electron chi connectivity index (χ0n) is 15.7. The van der Waals surface area contributed by atoms with Gasteiger partial charge < -0.3 is 10.2 Å². The maximum absolute atomic E-state index is 12.5. The molecule has 0 fully saturated rings. The molecule has 0 saturated carbocycles. The molecule has 0 unspecified atom stereocenters. The number of aryl methyl sites for hydroxylation is 2. The number of amides is 2.